The predicted molar refractivity (Wildman–Crippen MR) is 79.6 cm³/mol. The maximum atomic E-state index is 9.95. The predicted octanol–water partition coefficient (Wildman–Crippen LogP) is 3.95. The van der Waals surface area contributed by atoms with Gasteiger partial charge in [-0.25, -0.2) is 4.98 Å². The molecule has 3 nitrogen and oxygen atoms in total. The molecular weight excluding hydrogens is 256 g/mol. The monoisotopic (exact) mass is 278 g/mol. The van der Waals surface area contributed by atoms with Crippen LogP contribution in [-0.4, -0.2) is 14.7 Å². The smallest absolute Gasteiger partial charge is 0.0954 e. The van der Waals surface area contributed by atoms with E-state index >= 15 is 0 Å². The van der Waals surface area contributed by atoms with Crippen LogP contribution in [0.25, 0.3) is 0 Å². The molecule has 0 saturated carbocycles. The van der Waals surface area contributed by atoms with Crippen molar-refractivity contribution in [2.75, 3.05) is 0 Å². The van der Waals surface area contributed by atoms with Gasteiger partial charge in [0.1, 0.15) is 0 Å². The van der Waals surface area contributed by atoms with Gasteiger partial charge in [0.2, 0.25) is 0 Å². The van der Waals surface area contributed by atoms with Crippen molar-refractivity contribution in [3.63, 3.8) is 0 Å². The summed E-state index contributed by atoms with van der Waals surface area (Å²) in [6.07, 6.45) is 5.51. The molecule has 0 fully saturated rings. The summed E-state index contributed by atoms with van der Waals surface area (Å²) in [5, 5.41) is 13.3. The van der Waals surface area contributed by atoms with Gasteiger partial charge in [-0.2, -0.15) is 0 Å². The second-order valence-corrected chi connectivity index (χ2v) is 6.14. The van der Waals surface area contributed by atoms with E-state index in [2.05, 4.69) is 35.7 Å². The van der Waals surface area contributed by atoms with Crippen molar-refractivity contribution in [3.05, 3.63) is 40.1 Å². The summed E-state index contributed by atoms with van der Waals surface area (Å²) in [6, 6.07) is 2.00. The normalized spacial score (nSPS) is 13.1. The summed E-state index contributed by atoms with van der Waals surface area (Å²) in [5.41, 5.74) is 2.10. The van der Waals surface area contributed by atoms with E-state index in [0.717, 1.165) is 30.6 Å². The number of aliphatic hydroxyl groups is 1. The van der Waals surface area contributed by atoms with Crippen molar-refractivity contribution in [2.45, 2.75) is 52.2 Å². The second kappa shape index (κ2) is 6.35. The highest BCUT2D eigenvalue weighted by molar-refractivity contribution is 7.09. The minimum Gasteiger partial charge on any atom is -0.388 e. The van der Waals surface area contributed by atoms with E-state index in [9.17, 15) is 5.11 Å². The van der Waals surface area contributed by atoms with Crippen molar-refractivity contribution >= 4 is 11.3 Å². The standard InChI is InChI=1S/C15H22N2OS/c1-4-5-14(18)12-6-7-17(8-12)9-13-10-19-15(16-13)11(2)3/h6-8,10-11,14,18H,4-5,9H2,1-3H3. The zero-order valence-corrected chi connectivity index (χ0v) is 12.7. The third kappa shape index (κ3) is 3.67. The van der Waals surface area contributed by atoms with E-state index in [-0.39, 0.29) is 6.10 Å². The summed E-state index contributed by atoms with van der Waals surface area (Å²) < 4.78 is 2.09. The Balaban J connectivity index is 2.02. The third-order valence-corrected chi connectivity index (χ3v) is 4.32. The van der Waals surface area contributed by atoms with E-state index in [0.29, 0.717) is 5.92 Å². The molecule has 104 valence electrons. The van der Waals surface area contributed by atoms with Crippen LogP contribution in [0.15, 0.2) is 23.8 Å². The van der Waals surface area contributed by atoms with Gasteiger partial charge in [0.15, 0.2) is 0 Å². The summed E-state index contributed by atoms with van der Waals surface area (Å²) in [7, 11) is 0. The first kappa shape index (κ1) is 14.3. The maximum absolute atomic E-state index is 9.95. The maximum Gasteiger partial charge on any atom is 0.0954 e. The topological polar surface area (TPSA) is 38.0 Å². The average Bonchev–Trinajstić information content (AvgIpc) is 2.99. The molecule has 0 saturated heterocycles. The van der Waals surface area contributed by atoms with E-state index in [1.807, 2.05) is 18.5 Å². The van der Waals surface area contributed by atoms with Crippen molar-refractivity contribution in [3.8, 4) is 0 Å². The molecule has 0 aliphatic carbocycles. The molecule has 0 aromatic carbocycles. The highest BCUT2D eigenvalue weighted by atomic mass is 32.1. The molecule has 2 rings (SSSR count). The highest BCUT2D eigenvalue weighted by Gasteiger charge is 2.09. The van der Waals surface area contributed by atoms with E-state index in [1.54, 1.807) is 11.3 Å². The molecule has 2 heterocycles. The Morgan fingerprint density at radius 3 is 2.84 bits per heavy atom. The van der Waals surface area contributed by atoms with Crippen LogP contribution in [-0.2, 0) is 6.54 Å². The molecular formula is C15H22N2OS. The molecule has 0 bridgehead atoms. The average molecular weight is 278 g/mol. The van der Waals surface area contributed by atoms with Gasteiger partial charge in [-0.15, -0.1) is 11.3 Å². The number of rotatable bonds is 6. The minimum absolute atomic E-state index is 0.340. The number of aliphatic hydroxyl groups excluding tert-OH is 1. The first-order valence-electron chi connectivity index (χ1n) is 6.88. The SMILES string of the molecule is CCCC(O)c1ccn(Cc2csc(C(C)C)n2)c1. The second-order valence-electron chi connectivity index (χ2n) is 5.25. The Morgan fingerprint density at radius 1 is 1.42 bits per heavy atom. The number of hydrogen-bond donors (Lipinski definition) is 1. The molecule has 4 heteroatoms. The minimum atomic E-state index is -0.340. The first-order chi connectivity index (χ1) is 9.10. The summed E-state index contributed by atoms with van der Waals surface area (Å²) in [6.45, 7) is 7.19. The van der Waals surface area contributed by atoms with Crippen LogP contribution in [0.3, 0.4) is 0 Å². The molecule has 19 heavy (non-hydrogen) atoms. The Bertz CT molecular complexity index is 516. The van der Waals surface area contributed by atoms with Crippen LogP contribution in [0, 0.1) is 0 Å². The van der Waals surface area contributed by atoms with Crippen LogP contribution in [0.1, 0.15) is 61.9 Å². The summed E-state index contributed by atoms with van der Waals surface area (Å²) >= 11 is 1.72. The first-order valence-corrected chi connectivity index (χ1v) is 7.76. The lowest BCUT2D eigenvalue weighted by molar-refractivity contribution is 0.166. The number of hydrogen-bond acceptors (Lipinski definition) is 3. The number of nitrogens with zero attached hydrogens (tertiary/aromatic N) is 2. The van der Waals surface area contributed by atoms with Crippen molar-refractivity contribution in [2.24, 2.45) is 0 Å². The molecule has 0 aliphatic heterocycles. The molecule has 0 radical (unpaired) electrons. The zero-order chi connectivity index (χ0) is 13.8. The molecule has 1 unspecified atom stereocenters. The van der Waals surface area contributed by atoms with Crippen LogP contribution in [0.2, 0.25) is 0 Å². The molecule has 1 atom stereocenters. The quantitative estimate of drug-likeness (QED) is 0.869. The molecule has 2 aromatic rings. The fourth-order valence-corrected chi connectivity index (χ4v) is 2.87. The lowest BCUT2D eigenvalue weighted by Crippen LogP contribution is -1.99. The van der Waals surface area contributed by atoms with Crippen molar-refractivity contribution in [1.82, 2.24) is 9.55 Å². The highest BCUT2D eigenvalue weighted by Crippen LogP contribution is 2.21. The van der Waals surface area contributed by atoms with Crippen LogP contribution < -0.4 is 0 Å². The Morgan fingerprint density at radius 2 is 2.21 bits per heavy atom. The summed E-state index contributed by atoms with van der Waals surface area (Å²) in [4.78, 5) is 4.63. The zero-order valence-electron chi connectivity index (χ0n) is 11.8. The largest absolute Gasteiger partial charge is 0.388 e. The third-order valence-electron chi connectivity index (χ3n) is 3.13. The van der Waals surface area contributed by atoms with Gasteiger partial charge in [-0.3, -0.25) is 0 Å². The van der Waals surface area contributed by atoms with E-state index in [4.69, 9.17) is 0 Å². The lowest BCUT2D eigenvalue weighted by Gasteiger charge is -2.06. The van der Waals surface area contributed by atoms with Gasteiger partial charge in [-0.1, -0.05) is 27.2 Å². The Hall–Kier alpha value is -1.13. The van der Waals surface area contributed by atoms with Gasteiger partial charge >= 0.3 is 0 Å². The fraction of sp³-hybridized carbons (Fsp3) is 0.533. The Labute approximate surface area is 118 Å². The van der Waals surface area contributed by atoms with E-state index in [1.165, 1.54) is 5.01 Å². The molecule has 0 amide bonds. The Kier molecular flexibility index (Phi) is 4.77. The lowest BCUT2D eigenvalue weighted by atomic mass is 10.1. The van der Waals surface area contributed by atoms with Gasteiger partial charge in [0, 0.05) is 23.7 Å². The van der Waals surface area contributed by atoms with Crippen LogP contribution >= 0.6 is 11.3 Å². The molecule has 2 aromatic heterocycles. The van der Waals surface area contributed by atoms with Gasteiger partial charge in [0.25, 0.3) is 0 Å². The van der Waals surface area contributed by atoms with Crippen molar-refractivity contribution in [1.29, 1.82) is 0 Å². The van der Waals surface area contributed by atoms with Crippen LogP contribution in [0.5, 0.6) is 0 Å². The molecule has 1 N–H and O–H groups in total. The summed E-state index contributed by atoms with van der Waals surface area (Å²) in [5.74, 6) is 0.491. The van der Waals surface area contributed by atoms with Crippen molar-refractivity contribution < 1.29 is 5.11 Å². The fourth-order valence-electron chi connectivity index (χ4n) is 2.04. The van der Waals surface area contributed by atoms with Gasteiger partial charge in [0.05, 0.1) is 23.4 Å². The number of thiazole rings is 1. The molecule has 0 aliphatic rings. The number of aromatic nitrogens is 2. The van der Waals surface area contributed by atoms with Gasteiger partial charge in [-0.05, 0) is 18.1 Å². The van der Waals surface area contributed by atoms with Gasteiger partial charge < -0.3 is 9.67 Å². The van der Waals surface area contributed by atoms with E-state index < -0.39 is 0 Å². The molecule has 0 spiro atoms. The van der Waals surface area contributed by atoms with Crippen LogP contribution in [0.4, 0.5) is 0 Å².